The third-order valence-electron chi connectivity index (χ3n) is 17.5. The Morgan fingerprint density at radius 3 is 1.22 bits per heavy atom. The molecular formula is C94H74Ir3N6O3-6. The number of pyridine rings is 6. The molecule has 18 aromatic rings. The summed E-state index contributed by atoms with van der Waals surface area (Å²) in [5.74, 6) is 0.434. The summed E-state index contributed by atoms with van der Waals surface area (Å²) in [5.41, 5.74) is 26.8. The minimum atomic E-state index is 0. The van der Waals surface area contributed by atoms with Crippen LogP contribution in [-0.4, -0.2) is 29.9 Å². The van der Waals surface area contributed by atoms with E-state index >= 15 is 0 Å². The van der Waals surface area contributed by atoms with Crippen LogP contribution in [0.5, 0.6) is 0 Å². The molecule has 0 spiro atoms. The number of nitrogens with zero attached hydrogens (tertiary/aromatic N) is 6. The van der Waals surface area contributed by atoms with Gasteiger partial charge in [0.15, 0.2) is 0 Å². The molecule has 9 heterocycles. The van der Waals surface area contributed by atoms with Crippen LogP contribution < -0.4 is 0 Å². The van der Waals surface area contributed by atoms with Crippen molar-refractivity contribution in [1.29, 1.82) is 0 Å². The standard InChI is InChI=1S/C20H16NO.C19H14NO.C18H12NO.C13H12N.2C12H10N.3Ir/c1-13(2)15-6-5-7-17-16-10-9-14(12-19(16)22-20(15)17)18-8-3-4-11-21-18;1-12-8-9-20-17(10-12)14-6-7-18-16(11-14)15-5-3-4-13(2)19(15)21-18;1-12-5-4-6-15-14-9-8-13(11-17(14)20-18(12)15)16-7-2-3-10-19-16;1-10-8-13(14-9-11(10)2)12-6-4-3-5-7-12;1-10-6-5-9-12(13-10)11-7-3-2-4-8-11;1-10-7-8-13-12(9-10)11-5-3-2-4-6-11;;;/h3-8,10-13H,1-2H3;3-5,7-11H,1-2H3;2-7,9-11H,1H3;3-6,8-9H,1-2H3;2-7,9H,1H3;2-5,7-9H,1H3;;;/q6*-1;;;. The van der Waals surface area contributed by atoms with Crippen LogP contribution in [-0.2, 0) is 60.3 Å². The fourth-order valence-electron chi connectivity index (χ4n) is 11.9. The van der Waals surface area contributed by atoms with Crippen molar-refractivity contribution < 1.29 is 73.6 Å². The molecule has 0 N–H and O–H groups in total. The molecule has 0 atom stereocenters. The Bertz CT molecular complexity index is 5810. The summed E-state index contributed by atoms with van der Waals surface area (Å²) in [6.07, 6.45) is 9.15. The van der Waals surface area contributed by atoms with E-state index in [0.29, 0.717) is 5.92 Å². The van der Waals surface area contributed by atoms with Gasteiger partial charge in [-0.05, 0) is 152 Å². The third kappa shape index (κ3) is 18.8. The first-order valence-corrected chi connectivity index (χ1v) is 34.3. The van der Waals surface area contributed by atoms with E-state index < -0.39 is 0 Å². The maximum atomic E-state index is 6.16. The molecule has 0 saturated carbocycles. The van der Waals surface area contributed by atoms with Crippen LogP contribution in [0.3, 0.4) is 0 Å². The van der Waals surface area contributed by atoms with Gasteiger partial charge < -0.3 is 43.2 Å². The number of para-hydroxylation sites is 3. The Morgan fingerprint density at radius 2 is 0.726 bits per heavy atom. The Balaban J connectivity index is 0.000000137. The maximum Gasteiger partial charge on any atom is 0.127 e. The van der Waals surface area contributed by atoms with Gasteiger partial charge in [-0.1, -0.05) is 168 Å². The van der Waals surface area contributed by atoms with Gasteiger partial charge in [0.25, 0.3) is 0 Å². The molecule has 0 aliphatic heterocycles. The summed E-state index contributed by atoms with van der Waals surface area (Å²) < 4.78 is 18.1. The van der Waals surface area contributed by atoms with Gasteiger partial charge in [0, 0.05) is 102 Å². The molecule has 12 heteroatoms. The molecule has 531 valence electrons. The molecule has 0 saturated heterocycles. The third-order valence-corrected chi connectivity index (χ3v) is 17.5. The summed E-state index contributed by atoms with van der Waals surface area (Å²) in [5, 5.41) is 6.77. The number of hydrogen-bond donors (Lipinski definition) is 0. The summed E-state index contributed by atoms with van der Waals surface area (Å²) >= 11 is 0. The van der Waals surface area contributed by atoms with Gasteiger partial charge in [0.2, 0.25) is 0 Å². The fourth-order valence-corrected chi connectivity index (χ4v) is 11.9. The van der Waals surface area contributed by atoms with Gasteiger partial charge >= 0.3 is 0 Å². The molecule has 0 amide bonds. The van der Waals surface area contributed by atoms with Gasteiger partial charge in [-0.2, -0.15) is 0 Å². The molecule has 106 heavy (non-hydrogen) atoms. The van der Waals surface area contributed by atoms with Crippen molar-refractivity contribution in [3.8, 4) is 67.5 Å². The van der Waals surface area contributed by atoms with Gasteiger partial charge in [-0.3, -0.25) is 0 Å². The van der Waals surface area contributed by atoms with E-state index in [9.17, 15) is 0 Å². The predicted molar refractivity (Wildman–Crippen MR) is 420 cm³/mol. The Labute approximate surface area is 660 Å². The molecule has 0 aliphatic rings. The molecule has 9 aromatic heterocycles. The quantitative estimate of drug-likeness (QED) is 0.144. The molecule has 9 aromatic carbocycles. The second-order valence-corrected chi connectivity index (χ2v) is 25.5. The number of benzene rings is 9. The normalized spacial score (nSPS) is 10.5. The van der Waals surface area contributed by atoms with Crippen molar-refractivity contribution in [3.63, 3.8) is 0 Å². The summed E-state index contributed by atoms with van der Waals surface area (Å²) in [6.45, 7) is 18.8. The van der Waals surface area contributed by atoms with E-state index in [2.05, 4.69) is 201 Å². The van der Waals surface area contributed by atoms with Crippen molar-refractivity contribution in [3.05, 3.63) is 361 Å². The molecule has 0 aliphatic carbocycles. The number of fused-ring (bicyclic) bond motifs is 9. The first kappa shape index (κ1) is 77.8. The second-order valence-electron chi connectivity index (χ2n) is 25.5. The summed E-state index contributed by atoms with van der Waals surface area (Å²) in [4.78, 5) is 26.2. The number of aromatic nitrogens is 6. The van der Waals surface area contributed by atoms with Gasteiger partial charge in [-0.15, -0.1) is 167 Å². The van der Waals surface area contributed by atoms with Crippen LogP contribution >= 0.6 is 0 Å². The van der Waals surface area contributed by atoms with Crippen molar-refractivity contribution in [1.82, 2.24) is 29.9 Å². The average Bonchev–Trinajstić information content (AvgIpc) is 1.67. The smallest absolute Gasteiger partial charge is 0.127 e. The first-order chi connectivity index (χ1) is 50.3. The molecule has 9 nitrogen and oxygen atoms in total. The fraction of sp³-hybridized carbons (Fsp3) is 0.106. The Kier molecular flexibility index (Phi) is 27.0. The SMILES string of the molecule is CC(C)c1cccc2c1oc1cc(-c3ccccn3)[c-]cc12.Cc1cccc(-c2[c-]cccc2)n1.Cc1cccc2c1oc1cc(-c3ccccn3)[c-]cc12.Cc1ccnc(-c2[c-]cc3oc4c(C)cccc4c3c2)c1.Cc1ccnc(-c2[c-]cccc2)c1.Cc1cnc(-c2[c-]cccc2)cc1C.[Ir].[Ir].[Ir]. The molecule has 0 unspecified atom stereocenters. The van der Waals surface area contributed by atoms with Gasteiger partial charge in [0.05, 0.1) is 16.7 Å². The van der Waals surface area contributed by atoms with Crippen molar-refractivity contribution in [2.75, 3.05) is 0 Å². The first-order valence-electron chi connectivity index (χ1n) is 34.3. The Hall–Kier alpha value is -10.8. The van der Waals surface area contributed by atoms with Crippen LogP contribution in [0.4, 0.5) is 0 Å². The predicted octanol–water partition coefficient (Wildman–Crippen LogP) is 24.3. The van der Waals surface area contributed by atoms with Crippen molar-refractivity contribution in [2.24, 2.45) is 0 Å². The number of hydrogen-bond acceptors (Lipinski definition) is 9. The van der Waals surface area contributed by atoms with Crippen molar-refractivity contribution >= 4 is 65.8 Å². The minimum Gasteiger partial charge on any atom is -0.500 e. The van der Waals surface area contributed by atoms with Gasteiger partial charge in [0.1, 0.15) is 16.7 Å². The van der Waals surface area contributed by atoms with Crippen LogP contribution in [0, 0.1) is 84.9 Å². The minimum absolute atomic E-state index is 0. The summed E-state index contributed by atoms with van der Waals surface area (Å²) in [6, 6.07) is 102. The average molecular weight is 1910 g/mol. The maximum absolute atomic E-state index is 6.16. The van der Waals surface area contributed by atoms with E-state index in [1.807, 2.05) is 195 Å². The Morgan fingerprint density at radius 1 is 0.292 bits per heavy atom. The molecule has 0 fully saturated rings. The monoisotopic (exact) mass is 1910 g/mol. The molecule has 18 rings (SSSR count). The zero-order chi connectivity index (χ0) is 71.2. The van der Waals surface area contributed by atoms with Crippen LogP contribution in [0.25, 0.3) is 133 Å². The van der Waals surface area contributed by atoms with Gasteiger partial charge in [-0.25, -0.2) is 0 Å². The summed E-state index contributed by atoms with van der Waals surface area (Å²) in [7, 11) is 0. The zero-order valence-electron chi connectivity index (χ0n) is 60.0. The number of rotatable bonds is 7. The number of furan rings is 3. The largest absolute Gasteiger partial charge is 0.500 e. The van der Waals surface area contributed by atoms with E-state index in [-0.39, 0.29) is 60.3 Å². The molecular weight excluding hydrogens is 1840 g/mol. The number of aryl methyl sites for hydroxylation is 7. The van der Waals surface area contributed by atoms with E-state index in [0.717, 1.165) is 150 Å². The van der Waals surface area contributed by atoms with E-state index in [4.69, 9.17) is 13.3 Å². The van der Waals surface area contributed by atoms with Crippen LogP contribution in [0.15, 0.2) is 293 Å². The van der Waals surface area contributed by atoms with E-state index in [1.54, 1.807) is 12.4 Å². The molecule has 0 bridgehead atoms. The van der Waals surface area contributed by atoms with Crippen molar-refractivity contribution in [2.45, 2.75) is 68.2 Å². The van der Waals surface area contributed by atoms with E-state index in [1.165, 1.54) is 27.8 Å². The second kappa shape index (κ2) is 36.8. The topological polar surface area (TPSA) is 117 Å². The van der Waals surface area contributed by atoms with Crippen LogP contribution in [0.2, 0.25) is 0 Å². The zero-order valence-corrected chi connectivity index (χ0v) is 67.2. The van der Waals surface area contributed by atoms with Crippen LogP contribution in [0.1, 0.15) is 64.4 Å². The molecule has 3 radical (unpaired) electrons.